The van der Waals surface area contributed by atoms with Crippen molar-refractivity contribution in [2.45, 2.75) is 57.3 Å². The van der Waals surface area contributed by atoms with Gasteiger partial charge in [0, 0.05) is 13.0 Å². The van der Waals surface area contributed by atoms with E-state index in [1.165, 1.54) is 0 Å². The molecule has 2 aliphatic rings. The maximum absolute atomic E-state index is 11.9. The second-order valence-electron chi connectivity index (χ2n) is 5.80. The lowest BCUT2D eigenvalue weighted by atomic mass is 9.94. The van der Waals surface area contributed by atoms with Crippen molar-refractivity contribution in [3.8, 4) is 0 Å². The molecule has 0 bridgehead atoms. The van der Waals surface area contributed by atoms with Gasteiger partial charge >= 0.3 is 0 Å². The van der Waals surface area contributed by atoms with Crippen LogP contribution in [0.3, 0.4) is 0 Å². The van der Waals surface area contributed by atoms with Gasteiger partial charge < -0.3 is 20.1 Å². The monoisotopic (exact) mass is 270 g/mol. The van der Waals surface area contributed by atoms with Crippen molar-refractivity contribution < 1.29 is 14.3 Å². The minimum atomic E-state index is -0.216. The van der Waals surface area contributed by atoms with Gasteiger partial charge in [0.15, 0.2) is 0 Å². The van der Waals surface area contributed by atoms with Crippen LogP contribution in [0.2, 0.25) is 0 Å². The fourth-order valence-corrected chi connectivity index (χ4v) is 2.66. The summed E-state index contributed by atoms with van der Waals surface area (Å²) in [6.07, 6.45) is 3.82. The highest BCUT2D eigenvalue weighted by Crippen LogP contribution is 2.25. The highest BCUT2D eigenvalue weighted by atomic mass is 16.5. The third-order valence-electron chi connectivity index (χ3n) is 4.28. The van der Waals surface area contributed by atoms with Crippen molar-refractivity contribution in [3.05, 3.63) is 0 Å². The van der Waals surface area contributed by atoms with Gasteiger partial charge in [0.2, 0.25) is 5.91 Å². The average Bonchev–Trinajstić information content (AvgIpc) is 2.70. The molecule has 2 heterocycles. The van der Waals surface area contributed by atoms with Gasteiger partial charge in [-0.3, -0.25) is 4.79 Å². The summed E-state index contributed by atoms with van der Waals surface area (Å²) in [6, 6.07) is 0. The Hall–Kier alpha value is -0.650. The number of rotatable bonds is 5. The summed E-state index contributed by atoms with van der Waals surface area (Å²) in [4.78, 5) is 11.9. The summed E-state index contributed by atoms with van der Waals surface area (Å²) in [7, 11) is 0. The van der Waals surface area contributed by atoms with E-state index in [9.17, 15) is 4.79 Å². The average molecular weight is 270 g/mol. The topological polar surface area (TPSA) is 59.6 Å². The third-order valence-corrected chi connectivity index (χ3v) is 4.28. The second-order valence-corrected chi connectivity index (χ2v) is 5.80. The Kier molecular flexibility index (Phi) is 5.19. The van der Waals surface area contributed by atoms with E-state index in [2.05, 4.69) is 17.6 Å². The molecular weight excluding hydrogens is 244 g/mol. The summed E-state index contributed by atoms with van der Waals surface area (Å²) < 4.78 is 11.3. The van der Waals surface area contributed by atoms with Gasteiger partial charge in [0.1, 0.15) is 0 Å². The lowest BCUT2D eigenvalue weighted by molar-refractivity contribution is -0.125. The molecule has 2 fully saturated rings. The number of amides is 1. The molecule has 0 aromatic heterocycles. The van der Waals surface area contributed by atoms with Crippen LogP contribution < -0.4 is 10.6 Å². The molecule has 1 amide bonds. The van der Waals surface area contributed by atoms with Crippen LogP contribution in [0, 0.1) is 0 Å². The molecule has 2 aliphatic heterocycles. The van der Waals surface area contributed by atoms with Crippen LogP contribution in [0.4, 0.5) is 0 Å². The molecule has 0 aromatic rings. The zero-order chi connectivity index (χ0) is 13.7. The van der Waals surface area contributed by atoms with Crippen molar-refractivity contribution in [2.24, 2.45) is 0 Å². The van der Waals surface area contributed by atoms with Crippen LogP contribution in [-0.4, -0.2) is 50.0 Å². The van der Waals surface area contributed by atoms with E-state index in [0.29, 0.717) is 19.1 Å². The Labute approximate surface area is 115 Å². The second kappa shape index (κ2) is 6.68. The molecule has 0 aromatic carbocycles. The summed E-state index contributed by atoms with van der Waals surface area (Å²) >= 11 is 0. The molecule has 110 valence electrons. The Balaban J connectivity index is 1.64. The van der Waals surface area contributed by atoms with Crippen molar-refractivity contribution in [1.29, 1.82) is 0 Å². The standard InChI is InChI=1S/C14H26N2O3/c1-11-14(2,6-10-18-11)16-13(17)5-9-19-12-3-7-15-8-4-12/h11-12,15H,3-10H2,1-2H3,(H,16,17). The largest absolute Gasteiger partial charge is 0.378 e. The number of hydrogen-bond acceptors (Lipinski definition) is 4. The molecule has 5 nitrogen and oxygen atoms in total. The van der Waals surface area contributed by atoms with Crippen LogP contribution in [0.5, 0.6) is 0 Å². The van der Waals surface area contributed by atoms with Crippen LogP contribution >= 0.6 is 0 Å². The summed E-state index contributed by atoms with van der Waals surface area (Å²) in [5, 5.41) is 6.39. The Morgan fingerprint density at radius 1 is 1.47 bits per heavy atom. The van der Waals surface area contributed by atoms with E-state index in [1.807, 2.05) is 6.92 Å². The molecule has 0 saturated carbocycles. The fourth-order valence-electron chi connectivity index (χ4n) is 2.66. The predicted octanol–water partition coefficient (Wildman–Crippen LogP) is 0.829. The number of piperidine rings is 1. The summed E-state index contributed by atoms with van der Waals surface area (Å²) in [5.74, 6) is 0.0637. The lowest BCUT2D eigenvalue weighted by Gasteiger charge is -2.29. The van der Waals surface area contributed by atoms with Crippen LogP contribution in [0.1, 0.15) is 39.5 Å². The van der Waals surface area contributed by atoms with Crippen molar-refractivity contribution in [1.82, 2.24) is 10.6 Å². The highest BCUT2D eigenvalue weighted by Gasteiger charge is 2.38. The van der Waals surface area contributed by atoms with E-state index in [4.69, 9.17) is 9.47 Å². The molecule has 0 aliphatic carbocycles. The molecule has 2 atom stereocenters. The van der Waals surface area contributed by atoms with Gasteiger partial charge in [-0.25, -0.2) is 0 Å². The first-order chi connectivity index (χ1) is 9.10. The van der Waals surface area contributed by atoms with Crippen molar-refractivity contribution in [3.63, 3.8) is 0 Å². The number of carbonyl (C=O) groups excluding carboxylic acids is 1. The van der Waals surface area contributed by atoms with E-state index in [1.54, 1.807) is 0 Å². The first-order valence-corrected chi connectivity index (χ1v) is 7.35. The zero-order valence-corrected chi connectivity index (χ0v) is 12.0. The van der Waals surface area contributed by atoms with E-state index in [0.717, 1.165) is 39.0 Å². The van der Waals surface area contributed by atoms with Crippen LogP contribution in [-0.2, 0) is 14.3 Å². The Morgan fingerprint density at radius 2 is 2.21 bits per heavy atom. The van der Waals surface area contributed by atoms with Crippen molar-refractivity contribution in [2.75, 3.05) is 26.3 Å². The normalized spacial score (nSPS) is 32.4. The maximum Gasteiger partial charge on any atom is 0.222 e. The molecule has 19 heavy (non-hydrogen) atoms. The van der Waals surface area contributed by atoms with Gasteiger partial charge in [-0.2, -0.15) is 0 Å². The quantitative estimate of drug-likeness (QED) is 0.777. The number of hydrogen-bond donors (Lipinski definition) is 2. The number of nitrogens with one attached hydrogen (secondary N) is 2. The molecule has 2 saturated heterocycles. The zero-order valence-electron chi connectivity index (χ0n) is 12.0. The van der Waals surface area contributed by atoms with Crippen molar-refractivity contribution >= 4 is 5.91 Å². The first-order valence-electron chi connectivity index (χ1n) is 7.35. The summed E-state index contributed by atoms with van der Waals surface area (Å²) in [6.45, 7) is 7.34. The molecule has 5 heteroatoms. The van der Waals surface area contributed by atoms with E-state index >= 15 is 0 Å². The third kappa shape index (κ3) is 4.16. The fraction of sp³-hybridized carbons (Fsp3) is 0.929. The highest BCUT2D eigenvalue weighted by molar-refractivity contribution is 5.77. The van der Waals surface area contributed by atoms with E-state index < -0.39 is 0 Å². The van der Waals surface area contributed by atoms with Gasteiger partial charge in [0.25, 0.3) is 0 Å². The minimum absolute atomic E-state index is 0.0637. The van der Waals surface area contributed by atoms with Gasteiger partial charge in [-0.1, -0.05) is 0 Å². The molecule has 0 radical (unpaired) electrons. The number of ether oxygens (including phenoxy) is 2. The van der Waals surface area contributed by atoms with Gasteiger partial charge in [-0.15, -0.1) is 0 Å². The van der Waals surface area contributed by atoms with Crippen LogP contribution in [0.15, 0.2) is 0 Å². The predicted molar refractivity (Wildman–Crippen MR) is 73.0 cm³/mol. The first kappa shape index (κ1) is 14.8. The molecule has 2 unspecified atom stereocenters. The minimum Gasteiger partial charge on any atom is -0.378 e. The molecule has 2 N–H and O–H groups in total. The molecule has 2 rings (SSSR count). The van der Waals surface area contributed by atoms with Crippen LogP contribution in [0.25, 0.3) is 0 Å². The number of carbonyl (C=O) groups is 1. The Morgan fingerprint density at radius 3 is 2.84 bits per heavy atom. The lowest BCUT2D eigenvalue weighted by Crippen LogP contribution is -2.50. The van der Waals surface area contributed by atoms with Gasteiger partial charge in [0.05, 0.1) is 24.4 Å². The molecular formula is C14H26N2O3. The maximum atomic E-state index is 11.9. The smallest absolute Gasteiger partial charge is 0.222 e. The van der Waals surface area contributed by atoms with Gasteiger partial charge in [-0.05, 0) is 46.2 Å². The Bertz CT molecular complexity index is 305. The SMILES string of the molecule is CC1OCCC1(C)NC(=O)CCOC1CCNCC1. The van der Waals surface area contributed by atoms with E-state index in [-0.39, 0.29) is 17.6 Å². The molecule has 0 spiro atoms. The summed E-state index contributed by atoms with van der Waals surface area (Å²) in [5.41, 5.74) is -0.216.